The Balaban J connectivity index is 3.08. The molecule has 14 heavy (non-hydrogen) atoms. The molecule has 0 aromatic carbocycles. The molecule has 0 aliphatic heterocycles. The van der Waals surface area contributed by atoms with Crippen LogP contribution in [0.2, 0.25) is 0 Å². The Labute approximate surface area is 83.5 Å². The molecule has 0 unspecified atom stereocenters. The van der Waals surface area contributed by atoms with Crippen molar-refractivity contribution in [2.24, 2.45) is 22.5 Å². The standard InChI is InChI=1S/C10H17NO3/c1-9(2)6(7(11)12)4-5-10(9,3)8(13)14/h6H,4-5H2,1-3H3,(H2,11,12)(H,13,14)/t6-,10-/m1/s1. The number of carbonyl (C=O) groups is 2. The van der Waals surface area contributed by atoms with E-state index in [4.69, 9.17) is 10.8 Å². The topological polar surface area (TPSA) is 80.4 Å². The molecule has 0 saturated heterocycles. The molecule has 0 aromatic rings. The van der Waals surface area contributed by atoms with Crippen LogP contribution in [0, 0.1) is 16.7 Å². The highest BCUT2D eigenvalue weighted by Crippen LogP contribution is 2.55. The van der Waals surface area contributed by atoms with Crippen molar-refractivity contribution >= 4 is 11.9 Å². The maximum absolute atomic E-state index is 11.2. The van der Waals surface area contributed by atoms with E-state index in [9.17, 15) is 9.59 Å². The van der Waals surface area contributed by atoms with Crippen molar-refractivity contribution < 1.29 is 14.7 Å². The monoisotopic (exact) mass is 199 g/mol. The number of carboxylic acids is 1. The SMILES string of the molecule is CC1(C)[C@@H](C(N)=O)CC[C@]1(C)C(=O)O. The fraction of sp³-hybridized carbons (Fsp3) is 0.800. The molecule has 0 aromatic heterocycles. The molecule has 4 heteroatoms. The summed E-state index contributed by atoms with van der Waals surface area (Å²) >= 11 is 0. The molecule has 0 heterocycles. The second kappa shape index (κ2) is 2.97. The first-order chi connectivity index (χ1) is 6.23. The summed E-state index contributed by atoms with van der Waals surface area (Å²) in [4.78, 5) is 22.3. The van der Waals surface area contributed by atoms with Gasteiger partial charge in [0.05, 0.1) is 5.41 Å². The highest BCUT2D eigenvalue weighted by Gasteiger charge is 2.57. The van der Waals surface area contributed by atoms with Gasteiger partial charge in [-0.1, -0.05) is 13.8 Å². The second-order valence-corrected chi connectivity index (χ2v) is 4.85. The summed E-state index contributed by atoms with van der Waals surface area (Å²) in [6.07, 6.45) is 1.09. The van der Waals surface area contributed by atoms with Crippen molar-refractivity contribution in [2.45, 2.75) is 33.6 Å². The molecule has 1 rings (SSSR count). The van der Waals surface area contributed by atoms with Crippen LogP contribution in [0.3, 0.4) is 0 Å². The molecule has 3 N–H and O–H groups in total. The average Bonchev–Trinajstić information content (AvgIpc) is 2.24. The van der Waals surface area contributed by atoms with Gasteiger partial charge in [0.1, 0.15) is 0 Å². The number of hydrogen-bond acceptors (Lipinski definition) is 2. The third-order valence-corrected chi connectivity index (χ3v) is 4.04. The third-order valence-electron chi connectivity index (χ3n) is 4.04. The van der Waals surface area contributed by atoms with Crippen LogP contribution in [0.1, 0.15) is 33.6 Å². The van der Waals surface area contributed by atoms with Crippen LogP contribution >= 0.6 is 0 Å². The first-order valence-corrected chi connectivity index (χ1v) is 4.76. The van der Waals surface area contributed by atoms with Crippen molar-refractivity contribution in [1.29, 1.82) is 0 Å². The molecule has 1 saturated carbocycles. The van der Waals surface area contributed by atoms with Crippen molar-refractivity contribution in [2.75, 3.05) is 0 Å². The Morgan fingerprint density at radius 3 is 2.07 bits per heavy atom. The summed E-state index contributed by atoms with van der Waals surface area (Å²) in [6.45, 7) is 5.31. The highest BCUT2D eigenvalue weighted by atomic mass is 16.4. The molecule has 1 aliphatic rings. The lowest BCUT2D eigenvalue weighted by Gasteiger charge is -2.37. The zero-order chi connectivity index (χ0) is 11.1. The van der Waals surface area contributed by atoms with E-state index in [1.54, 1.807) is 6.92 Å². The molecule has 2 atom stereocenters. The van der Waals surface area contributed by atoms with Crippen LogP contribution in [0.25, 0.3) is 0 Å². The zero-order valence-electron chi connectivity index (χ0n) is 8.83. The van der Waals surface area contributed by atoms with Gasteiger partial charge in [0.15, 0.2) is 0 Å². The summed E-state index contributed by atoms with van der Waals surface area (Å²) in [6, 6.07) is 0. The molecular weight excluding hydrogens is 182 g/mol. The summed E-state index contributed by atoms with van der Waals surface area (Å²) in [7, 11) is 0. The predicted molar refractivity (Wildman–Crippen MR) is 51.4 cm³/mol. The van der Waals surface area contributed by atoms with E-state index in [0.29, 0.717) is 12.8 Å². The summed E-state index contributed by atoms with van der Waals surface area (Å²) in [5.74, 6) is -1.56. The molecule has 1 aliphatic carbocycles. The van der Waals surface area contributed by atoms with Crippen molar-refractivity contribution in [1.82, 2.24) is 0 Å². The normalized spacial score (nSPS) is 35.5. The maximum Gasteiger partial charge on any atom is 0.309 e. The Kier molecular flexibility index (Phi) is 2.34. The lowest BCUT2D eigenvalue weighted by molar-refractivity contribution is -0.155. The summed E-state index contributed by atoms with van der Waals surface area (Å²) < 4.78 is 0. The Bertz CT molecular complexity index is 285. The van der Waals surface area contributed by atoms with Crippen LogP contribution in [-0.4, -0.2) is 17.0 Å². The Morgan fingerprint density at radius 1 is 1.36 bits per heavy atom. The second-order valence-electron chi connectivity index (χ2n) is 4.85. The van der Waals surface area contributed by atoms with Gasteiger partial charge in [-0.05, 0) is 25.2 Å². The average molecular weight is 199 g/mol. The van der Waals surface area contributed by atoms with E-state index < -0.39 is 16.8 Å². The van der Waals surface area contributed by atoms with E-state index in [1.807, 2.05) is 13.8 Å². The van der Waals surface area contributed by atoms with Crippen LogP contribution in [0.15, 0.2) is 0 Å². The van der Waals surface area contributed by atoms with Gasteiger partial charge >= 0.3 is 5.97 Å². The predicted octanol–water partition coefficient (Wildman–Crippen LogP) is 0.999. The molecule has 0 spiro atoms. The van der Waals surface area contributed by atoms with Crippen molar-refractivity contribution in [3.8, 4) is 0 Å². The van der Waals surface area contributed by atoms with E-state index in [2.05, 4.69) is 0 Å². The number of nitrogens with two attached hydrogens (primary N) is 1. The minimum Gasteiger partial charge on any atom is -0.481 e. The number of rotatable bonds is 2. The first-order valence-electron chi connectivity index (χ1n) is 4.76. The van der Waals surface area contributed by atoms with Crippen LogP contribution in [-0.2, 0) is 9.59 Å². The van der Waals surface area contributed by atoms with E-state index >= 15 is 0 Å². The number of carbonyl (C=O) groups excluding carboxylic acids is 1. The molecular formula is C10H17NO3. The van der Waals surface area contributed by atoms with Gasteiger partial charge in [-0.2, -0.15) is 0 Å². The van der Waals surface area contributed by atoms with E-state index in [1.165, 1.54) is 0 Å². The van der Waals surface area contributed by atoms with Gasteiger partial charge in [0, 0.05) is 5.92 Å². The van der Waals surface area contributed by atoms with Crippen LogP contribution in [0.4, 0.5) is 0 Å². The van der Waals surface area contributed by atoms with Gasteiger partial charge in [-0.15, -0.1) is 0 Å². The first kappa shape index (κ1) is 11.0. The van der Waals surface area contributed by atoms with E-state index in [-0.39, 0.29) is 11.8 Å². The summed E-state index contributed by atoms with van der Waals surface area (Å²) in [5, 5.41) is 9.16. The minimum atomic E-state index is -0.841. The smallest absolute Gasteiger partial charge is 0.309 e. The third kappa shape index (κ3) is 1.21. The van der Waals surface area contributed by atoms with Gasteiger partial charge < -0.3 is 10.8 Å². The van der Waals surface area contributed by atoms with Crippen molar-refractivity contribution in [3.05, 3.63) is 0 Å². The van der Waals surface area contributed by atoms with Gasteiger partial charge in [-0.3, -0.25) is 9.59 Å². The van der Waals surface area contributed by atoms with Crippen molar-refractivity contribution in [3.63, 3.8) is 0 Å². The van der Waals surface area contributed by atoms with Gasteiger partial charge in [0.25, 0.3) is 0 Å². The van der Waals surface area contributed by atoms with E-state index in [0.717, 1.165) is 0 Å². The lowest BCUT2D eigenvalue weighted by Crippen LogP contribution is -2.44. The summed E-state index contributed by atoms with van der Waals surface area (Å²) in [5.41, 5.74) is 3.86. The molecule has 4 nitrogen and oxygen atoms in total. The van der Waals surface area contributed by atoms with Crippen LogP contribution < -0.4 is 5.73 Å². The van der Waals surface area contributed by atoms with Gasteiger partial charge in [0.2, 0.25) is 5.91 Å². The van der Waals surface area contributed by atoms with Crippen LogP contribution in [0.5, 0.6) is 0 Å². The zero-order valence-corrected chi connectivity index (χ0v) is 8.83. The quantitative estimate of drug-likeness (QED) is 0.696. The Hall–Kier alpha value is -1.06. The lowest BCUT2D eigenvalue weighted by atomic mass is 9.65. The molecule has 0 bridgehead atoms. The minimum absolute atomic E-state index is 0.330. The number of carboxylic acid groups (broad SMARTS) is 1. The fourth-order valence-electron chi connectivity index (χ4n) is 2.38. The number of amides is 1. The molecule has 1 amide bonds. The molecule has 80 valence electrons. The fourth-order valence-corrected chi connectivity index (χ4v) is 2.38. The number of hydrogen-bond donors (Lipinski definition) is 2. The Morgan fingerprint density at radius 2 is 1.86 bits per heavy atom. The highest BCUT2D eigenvalue weighted by molar-refractivity contribution is 5.82. The number of aliphatic carboxylic acids is 1. The van der Waals surface area contributed by atoms with Gasteiger partial charge in [-0.25, -0.2) is 0 Å². The molecule has 1 fully saturated rings. The maximum atomic E-state index is 11.2. The number of primary amides is 1. The molecule has 0 radical (unpaired) electrons. The largest absolute Gasteiger partial charge is 0.481 e.